The molecule has 0 aromatic heterocycles. The van der Waals surface area contributed by atoms with Gasteiger partial charge in [-0.2, -0.15) is 0 Å². The highest BCUT2D eigenvalue weighted by Gasteiger charge is 2.24. The molecule has 2 N–H and O–H groups in total. The third kappa shape index (κ3) is 4.10. The van der Waals surface area contributed by atoms with Crippen LogP contribution in [-0.2, 0) is 0 Å². The van der Waals surface area contributed by atoms with E-state index >= 15 is 0 Å². The van der Waals surface area contributed by atoms with Gasteiger partial charge in [-0.1, -0.05) is 12.8 Å². The molecule has 0 amide bonds. The molecule has 0 aromatic carbocycles. The molecular formula is C11H22O2. The normalized spacial score (nSPS) is 30.5. The molecule has 78 valence electrons. The molecule has 1 saturated carbocycles. The lowest BCUT2D eigenvalue weighted by Gasteiger charge is -2.29. The Hall–Kier alpha value is -0.0800. The summed E-state index contributed by atoms with van der Waals surface area (Å²) in [5, 5.41) is 19.2. The summed E-state index contributed by atoms with van der Waals surface area (Å²) in [6, 6.07) is 0. The SMILES string of the molecule is CC(C)(O)CCC1CCCCC1O. The second kappa shape index (κ2) is 4.43. The van der Waals surface area contributed by atoms with Crippen LogP contribution in [0.4, 0.5) is 0 Å². The van der Waals surface area contributed by atoms with E-state index in [1.54, 1.807) is 0 Å². The largest absolute Gasteiger partial charge is 0.393 e. The predicted octanol–water partition coefficient (Wildman–Crippen LogP) is 2.09. The van der Waals surface area contributed by atoms with Crippen molar-refractivity contribution in [3.8, 4) is 0 Å². The average Bonchev–Trinajstić information content (AvgIpc) is 2.01. The van der Waals surface area contributed by atoms with Crippen LogP contribution >= 0.6 is 0 Å². The van der Waals surface area contributed by atoms with Gasteiger partial charge in [0.15, 0.2) is 0 Å². The van der Waals surface area contributed by atoms with Crippen LogP contribution in [0.1, 0.15) is 52.4 Å². The second-order valence-corrected chi connectivity index (χ2v) is 4.96. The molecule has 0 radical (unpaired) electrons. The van der Waals surface area contributed by atoms with Crippen LogP contribution in [0.3, 0.4) is 0 Å². The van der Waals surface area contributed by atoms with E-state index in [0.717, 1.165) is 25.7 Å². The zero-order chi connectivity index (χ0) is 9.90. The first-order chi connectivity index (χ1) is 5.99. The predicted molar refractivity (Wildman–Crippen MR) is 53.5 cm³/mol. The Bertz CT molecular complexity index is 149. The van der Waals surface area contributed by atoms with Crippen molar-refractivity contribution in [2.24, 2.45) is 5.92 Å². The van der Waals surface area contributed by atoms with Gasteiger partial charge in [-0.05, 0) is 45.4 Å². The van der Waals surface area contributed by atoms with Gasteiger partial charge in [0.2, 0.25) is 0 Å². The molecule has 2 atom stereocenters. The molecular weight excluding hydrogens is 164 g/mol. The zero-order valence-corrected chi connectivity index (χ0v) is 8.79. The van der Waals surface area contributed by atoms with E-state index in [2.05, 4.69) is 0 Å². The van der Waals surface area contributed by atoms with Crippen LogP contribution in [0, 0.1) is 5.92 Å². The van der Waals surface area contributed by atoms with E-state index in [1.807, 2.05) is 13.8 Å². The zero-order valence-electron chi connectivity index (χ0n) is 8.79. The molecule has 1 aliphatic rings. The monoisotopic (exact) mass is 186 g/mol. The Morgan fingerprint density at radius 1 is 1.23 bits per heavy atom. The summed E-state index contributed by atoms with van der Waals surface area (Å²) in [6.45, 7) is 3.67. The Morgan fingerprint density at radius 2 is 1.85 bits per heavy atom. The maximum absolute atomic E-state index is 9.68. The van der Waals surface area contributed by atoms with E-state index in [4.69, 9.17) is 0 Å². The topological polar surface area (TPSA) is 40.5 Å². The van der Waals surface area contributed by atoms with Crippen LogP contribution in [0.2, 0.25) is 0 Å². The van der Waals surface area contributed by atoms with Gasteiger partial charge in [0.05, 0.1) is 11.7 Å². The summed E-state index contributed by atoms with van der Waals surface area (Å²) in [6.07, 6.45) is 6.15. The van der Waals surface area contributed by atoms with E-state index in [-0.39, 0.29) is 6.10 Å². The van der Waals surface area contributed by atoms with E-state index in [1.165, 1.54) is 12.8 Å². The van der Waals surface area contributed by atoms with Gasteiger partial charge >= 0.3 is 0 Å². The minimum absolute atomic E-state index is 0.115. The van der Waals surface area contributed by atoms with Crippen molar-refractivity contribution in [2.45, 2.75) is 64.1 Å². The molecule has 2 heteroatoms. The number of hydrogen-bond acceptors (Lipinski definition) is 2. The van der Waals surface area contributed by atoms with Crippen molar-refractivity contribution in [3.63, 3.8) is 0 Å². The molecule has 0 aliphatic heterocycles. The summed E-state index contributed by atoms with van der Waals surface area (Å²) in [4.78, 5) is 0. The molecule has 1 aliphatic carbocycles. The van der Waals surface area contributed by atoms with Gasteiger partial charge in [-0.15, -0.1) is 0 Å². The lowest BCUT2D eigenvalue weighted by Crippen LogP contribution is -2.27. The molecule has 0 saturated heterocycles. The molecule has 0 aromatic rings. The van der Waals surface area contributed by atoms with Crippen molar-refractivity contribution in [1.82, 2.24) is 0 Å². The molecule has 2 nitrogen and oxygen atoms in total. The first-order valence-corrected chi connectivity index (χ1v) is 5.39. The van der Waals surface area contributed by atoms with Gasteiger partial charge in [-0.3, -0.25) is 0 Å². The van der Waals surface area contributed by atoms with Crippen molar-refractivity contribution in [1.29, 1.82) is 0 Å². The summed E-state index contributed by atoms with van der Waals surface area (Å²) in [7, 11) is 0. The van der Waals surface area contributed by atoms with Crippen LogP contribution in [0.15, 0.2) is 0 Å². The lowest BCUT2D eigenvalue weighted by molar-refractivity contribution is 0.0293. The molecule has 0 bridgehead atoms. The third-order valence-corrected chi connectivity index (χ3v) is 3.00. The molecule has 0 heterocycles. The average molecular weight is 186 g/mol. The molecule has 2 unspecified atom stereocenters. The van der Waals surface area contributed by atoms with Crippen LogP contribution in [0.25, 0.3) is 0 Å². The maximum Gasteiger partial charge on any atom is 0.0591 e. The highest BCUT2D eigenvalue weighted by Crippen LogP contribution is 2.29. The fourth-order valence-corrected chi connectivity index (χ4v) is 2.06. The highest BCUT2D eigenvalue weighted by molar-refractivity contribution is 4.77. The highest BCUT2D eigenvalue weighted by atomic mass is 16.3. The number of aliphatic hydroxyl groups is 2. The summed E-state index contributed by atoms with van der Waals surface area (Å²) in [5.41, 5.74) is -0.572. The summed E-state index contributed by atoms with van der Waals surface area (Å²) >= 11 is 0. The Labute approximate surface area is 81.0 Å². The smallest absolute Gasteiger partial charge is 0.0591 e. The molecule has 1 fully saturated rings. The summed E-state index contributed by atoms with van der Waals surface area (Å²) < 4.78 is 0. The Balaban J connectivity index is 2.27. The fourth-order valence-electron chi connectivity index (χ4n) is 2.06. The third-order valence-electron chi connectivity index (χ3n) is 3.00. The van der Waals surface area contributed by atoms with Crippen LogP contribution in [0.5, 0.6) is 0 Å². The summed E-state index contributed by atoms with van der Waals surface area (Å²) in [5.74, 6) is 0.431. The van der Waals surface area contributed by atoms with Crippen molar-refractivity contribution < 1.29 is 10.2 Å². The van der Waals surface area contributed by atoms with E-state index < -0.39 is 5.60 Å². The number of rotatable bonds is 3. The minimum Gasteiger partial charge on any atom is -0.393 e. The van der Waals surface area contributed by atoms with Crippen molar-refractivity contribution in [3.05, 3.63) is 0 Å². The first-order valence-electron chi connectivity index (χ1n) is 5.39. The number of hydrogen-bond donors (Lipinski definition) is 2. The van der Waals surface area contributed by atoms with E-state index in [9.17, 15) is 10.2 Å². The number of aliphatic hydroxyl groups excluding tert-OH is 1. The van der Waals surface area contributed by atoms with Crippen LogP contribution in [-0.4, -0.2) is 21.9 Å². The Morgan fingerprint density at radius 3 is 2.38 bits per heavy atom. The van der Waals surface area contributed by atoms with E-state index in [0.29, 0.717) is 5.92 Å². The standard InChI is InChI=1S/C11H22O2/c1-11(2,13)8-7-9-5-3-4-6-10(9)12/h9-10,12-13H,3-8H2,1-2H3. The Kier molecular flexibility index (Phi) is 3.74. The quantitative estimate of drug-likeness (QED) is 0.708. The molecule has 13 heavy (non-hydrogen) atoms. The fraction of sp³-hybridized carbons (Fsp3) is 1.00. The molecule has 1 rings (SSSR count). The van der Waals surface area contributed by atoms with Gasteiger partial charge in [0, 0.05) is 0 Å². The van der Waals surface area contributed by atoms with Gasteiger partial charge < -0.3 is 10.2 Å². The first kappa shape index (κ1) is 11.0. The van der Waals surface area contributed by atoms with Gasteiger partial charge in [0.25, 0.3) is 0 Å². The van der Waals surface area contributed by atoms with Crippen molar-refractivity contribution >= 4 is 0 Å². The maximum atomic E-state index is 9.68. The van der Waals surface area contributed by atoms with Crippen molar-refractivity contribution in [2.75, 3.05) is 0 Å². The second-order valence-electron chi connectivity index (χ2n) is 4.96. The molecule has 0 spiro atoms. The van der Waals surface area contributed by atoms with Gasteiger partial charge in [0.1, 0.15) is 0 Å². The van der Waals surface area contributed by atoms with Crippen LogP contribution < -0.4 is 0 Å². The lowest BCUT2D eigenvalue weighted by atomic mass is 9.82. The minimum atomic E-state index is -0.572. The van der Waals surface area contributed by atoms with Gasteiger partial charge in [-0.25, -0.2) is 0 Å².